The van der Waals surface area contributed by atoms with Crippen LogP contribution in [0.4, 0.5) is 0 Å². The first-order valence-electron chi connectivity index (χ1n) is 5.95. The highest BCUT2D eigenvalue weighted by Gasteiger charge is 2.26. The Kier molecular flexibility index (Phi) is 3.13. The largest absolute Gasteiger partial charge is 0.497 e. The van der Waals surface area contributed by atoms with Gasteiger partial charge in [0.25, 0.3) is 0 Å². The topological polar surface area (TPSA) is 26.3 Å². The van der Waals surface area contributed by atoms with Crippen LogP contribution in [0.25, 0.3) is 6.08 Å². The SMILES string of the molecule is COc1ccc2c(c1)S/C(=C/c1ccccc1)C2=O. The molecule has 0 aromatic heterocycles. The molecule has 2 aromatic rings. The number of carbonyl (C=O) groups excluding carboxylic acids is 1. The number of ketones is 1. The Balaban J connectivity index is 1.97. The van der Waals surface area contributed by atoms with E-state index >= 15 is 0 Å². The van der Waals surface area contributed by atoms with Gasteiger partial charge in [-0.2, -0.15) is 0 Å². The molecule has 3 rings (SSSR count). The maximum absolute atomic E-state index is 12.3. The van der Waals surface area contributed by atoms with Gasteiger partial charge < -0.3 is 4.74 Å². The Hall–Kier alpha value is -2.00. The second-order valence-corrected chi connectivity index (χ2v) is 5.30. The fourth-order valence-corrected chi connectivity index (χ4v) is 3.08. The van der Waals surface area contributed by atoms with Crippen molar-refractivity contribution in [3.05, 3.63) is 64.6 Å². The Morgan fingerprint density at radius 2 is 1.89 bits per heavy atom. The smallest absolute Gasteiger partial charge is 0.200 e. The van der Waals surface area contributed by atoms with Crippen molar-refractivity contribution in [2.45, 2.75) is 4.90 Å². The van der Waals surface area contributed by atoms with E-state index in [4.69, 9.17) is 4.74 Å². The first kappa shape index (κ1) is 12.1. The minimum atomic E-state index is 0.0894. The molecule has 0 fully saturated rings. The van der Waals surface area contributed by atoms with Crippen molar-refractivity contribution >= 4 is 23.6 Å². The Morgan fingerprint density at radius 1 is 1.11 bits per heavy atom. The Morgan fingerprint density at radius 3 is 2.63 bits per heavy atom. The van der Waals surface area contributed by atoms with Gasteiger partial charge in [0.1, 0.15) is 5.75 Å². The second kappa shape index (κ2) is 4.94. The van der Waals surface area contributed by atoms with Crippen molar-refractivity contribution < 1.29 is 9.53 Å². The molecular weight excluding hydrogens is 256 g/mol. The lowest BCUT2D eigenvalue weighted by Gasteiger charge is -2.00. The summed E-state index contributed by atoms with van der Waals surface area (Å²) < 4.78 is 5.18. The maximum atomic E-state index is 12.3. The van der Waals surface area contributed by atoms with Crippen molar-refractivity contribution in [3.8, 4) is 5.75 Å². The number of hydrogen-bond donors (Lipinski definition) is 0. The number of methoxy groups -OCH3 is 1. The molecule has 3 heteroatoms. The molecular formula is C16H12O2S. The average Bonchev–Trinajstić information content (AvgIpc) is 2.76. The van der Waals surface area contributed by atoms with E-state index in [1.807, 2.05) is 54.6 Å². The molecule has 0 spiro atoms. The fourth-order valence-electron chi connectivity index (χ4n) is 1.99. The lowest BCUT2D eigenvalue weighted by Crippen LogP contribution is -1.94. The molecule has 0 aliphatic carbocycles. The van der Waals surface area contributed by atoms with Gasteiger partial charge in [0.05, 0.1) is 12.0 Å². The van der Waals surface area contributed by atoms with Crippen LogP contribution in [0.3, 0.4) is 0 Å². The minimum Gasteiger partial charge on any atom is -0.497 e. The van der Waals surface area contributed by atoms with Crippen LogP contribution in [0.5, 0.6) is 5.75 Å². The molecule has 1 aliphatic heterocycles. The predicted molar refractivity (Wildman–Crippen MR) is 77.6 cm³/mol. The van der Waals surface area contributed by atoms with E-state index in [-0.39, 0.29) is 5.78 Å². The number of benzene rings is 2. The monoisotopic (exact) mass is 268 g/mol. The Bertz CT molecular complexity index is 660. The predicted octanol–water partition coefficient (Wildman–Crippen LogP) is 4.02. The third-order valence-electron chi connectivity index (χ3n) is 2.97. The van der Waals surface area contributed by atoms with E-state index < -0.39 is 0 Å². The molecule has 0 unspecified atom stereocenters. The quantitative estimate of drug-likeness (QED) is 0.769. The Labute approximate surface area is 116 Å². The number of thioether (sulfide) groups is 1. The summed E-state index contributed by atoms with van der Waals surface area (Å²) in [4.78, 5) is 14.0. The van der Waals surface area contributed by atoms with Gasteiger partial charge >= 0.3 is 0 Å². The molecule has 0 bridgehead atoms. The summed E-state index contributed by atoms with van der Waals surface area (Å²) in [5, 5.41) is 0. The molecule has 0 saturated carbocycles. The number of allylic oxidation sites excluding steroid dienone is 1. The van der Waals surface area contributed by atoms with Crippen LogP contribution in [0.1, 0.15) is 15.9 Å². The normalized spacial score (nSPS) is 15.6. The van der Waals surface area contributed by atoms with Crippen LogP contribution >= 0.6 is 11.8 Å². The molecule has 0 saturated heterocycles. The highest BCUT2D eigenvalue weighted by Crippen LogP contribution is 2.42. The van der Waals surface area contributed by atoms with E-state index in [1.165, 1.54) is 11.8 Å². The van der Waals surface area contributed by atoms with Gasteiger partial charge in [-0.15, -0.1) is 0 Å². The first-order valence-corrected chi connectivity index (χ1v) is 6.77. The summed E-state index contributed by atoms with van der Waals surface area (Å²) in [6, 6.07) is 15.4. The molecule has 1 aliphatic rings. The van der Waals surface area contributed by atoms with Crippen molar-refractivity contribution in [2.24, 2.45) is 0 Å². The third kappa shape index (κ3) is 2.29. The van der Waals surface area contributed by atoms with Gasteiger partial charge in [0.15, 0.2) is 0 Å². The highest BCUT2D eigenvalue weighted by molar-refractivity contribution is 8.04. The van der Waals surface area contributed by atoms with Crippen LogP contribution < -0.4 is 4.74 Å². The summed E-state index contributed by atoms with van der Waals surface area (Å²) >= 11 is 1.50. The van der Waals surface area contributed by atoms with Gasteiger partial charge in [0, 0.05) is 10.5 Å². The molecule has 19 heavy (non-hydrogen) atoms. The van der Waals surface area contributed by atoms with Crippen LogP contribution in [-0.2, 0) is 0 Å². The fraction of sp³-hybridized carbons (Fsp3) is 0.0625. The van der Waals surface area contributed by atoms with Crippen LogP contribution in [-0.4, -0.2) is 12.9 Å². The van der Waals surface area contributed by atoms with E-state index in [0.717, 1.165) is 26.7 Å². The van der Waals surface area contributed by atoms with Gasteiger partial charge in [-0.25, -0.2) is 0 Å². The zero-order valence-corrected chi connectivity index (χ0v) is 11.2. The standard InChI is InChI=1S/C16H12O2S/c1-18-12-7-8-13-14(10-12)19-15(16(13)17)9-11-5-3-2-4-6-11/h2-10H,1H3/b15-9+. The van der Waals surface area contributed by atoms with Crippen molar-refractivity contribution in [1.82, 2.24) is 0 Å². The zero-order valence-electron chi connectivity index (χ0n) is 10.4. The number of hydrogen-bond acceptors (Lipinski definition) is 3. The molecule has 1 heterocycles. The molecule has 0 atom stereocenters. The summed E-state index contributed by atoms with van der Waals surface area (Å²) in [7, 11) is 1.63. The van der Waals surface area contributed by atoms with Gasteiger partial charge in [-0.1, -0.05) is 42.1 Å². The number of fused-ring (bicyclic) bond motifs is 1. The third-order valence-corrected chi connectivity index (χ3v) is 4.06. The average molecular weight is 268 g/mol. The van der Waals surface area contributed by atoms with Gasteiger partial charge in [-0.05, 0) is 29.8 Å². The van der Waals surface area contributed by atoms with E-state index in [1.54, 1.807) is 7.11 Å². The summed E-state index contributed by atoms with van der Waals surface area (Å²) in [6.45, 7) is 0. The van der Waals surface area contributed by atoms with E-state index in [9.17, 15) is 4.79 Å². The van der Waals surface area contributed by atoms with Crippen molar-refractivity contribution in [2.75, 3.05) is 7.11 Å². The van der Waals surface area contributed by atoms with Crippen LogP contribution in [0.15, 0.2) is 58.3 Å². The van der Waals surface area contributed by atoms with Crippen LogP contribution in [0, 0.1) is 0 Å². The molecule has 2 aromatic carbocycles. The summed E-state index contributed by atoms with van der Waals surface area (Å²) in [5.41, 5.74) is 1.80. The number of rotatable bonds is 2. The summed E-state index contributed by atoms with van der Waals surface area (Å²) in [5.74, 6) is 0.867. The molecule has 0 N–H and O–H groups in total. The van der Waals surface area contributed by atoms with Crippen molar-refractivity contribution in [3.63, 3.8) is 0 Å². The minimum absolute atomic E-state index is 0.0894. The van der Waals surface area contributed by atoms with Gasteiger partial charge in [0.2, 0.25) is 5.78 Å². The highest BCUT2D eigenvalue weighted by atomic mass is 32.2. The lowest BCUT2D eigenvalue weighted by atomic mass is 10.1. The van der Waals surface area contributed by atoms with Gasteiger partial charge in [-0.3, -0.25) is 4.79 Å². The number of carbonyl (C=O) groups is 1. The van der Waals surface area contributed by atoms with E-state index in [0.29, 0.717) is 0 Å². The summed E-state index contributed by atoms with van der Waals surface area (Å²) in [6.07, 6.45) is 1.93. The number of ether oxygens (including phenoxy) is 1. The van der Waals surface area contributed by atoms with E-state index in [2.05, 4.69) is 0 Å². The maximum Gasteiger partial charge on any atom is 0.200 e. The van der Waals surface area contributed by atoms with Crippen LogP contribution in [0.2, 0.25) is 0 Å². The molecule has 94 valence electrons. The lowest BCUT2D eigenvalue weighted by molar-refractivity contribution is 0.104. The number of Topliss-reactive ketones (excluding diaryl/α,β-unsaturated/α-hetero) is 1. The zero-order chi connectivity index (χ0) is 13.2. The van der Waals surface area contributed by atoms with Crippen molar-refractivity contribution in [1.29, 1.82) is 0 Å². The molecule has 0 radical (unpaired) electrons. The second-order valence-electron chi connectivity index (χ2n) is 4.21. The molecule has 0 amide bonds. The molecule has 2 nitrogen and oxygen atoms in total. The first-order chi connectivity index (χ1) is 9.28.